The number of aliphatic hydroxyl groups excluding tert-OH is 1. The van der Waals surface area contributed by atoms with Crippen LogP contribution in [0.5, 0.6) is 5.75 Å². The maximum atomic E-state index is 11.5. The Kier molecular flexibility index (Phi) is 3.10. The van der Waals surface area contributed by atoms with Gasteiger partial charge in [0, 0.05) is 13.1 Å². The normalized spacial score (nSPS) is 20.2. The minimum atomic E-state index is -0.516. The summed E-state index contributed by atoms with van der Waals surface area (Å²) in [6.45, 7) is 0.961. The van der Waals surface area contributed by atoms with Crippen molar-refractivity contribution in [2.24, 2.45) is 0 Å². The molecule has 1 aliphatic heterocycles. The van der Waals surface area contributed by atoms with Crippen LogP contribution >= 0.6 is 0 Å². The number of methoxy groups -OCH3 is 1. The van der Waals surface area contributed by atoms with Crippen molar-refractivity contribution < 1.29 is 14.6 Å². The summed E-state index contributed by atoms with van der Waals surface area (Å²) in [5.41, 5.74) is 1.02. The summed E-state index contributed by atoms with van der Waals surface area (Å²) in [7, 11) is 1.61. The van der Waals surface area contributed by atoms with Crippen LogP contribution in [0, 0.1) is 0 Å². The van der Waals surface area contributed by atoms with Crippen LogP contribution < -0.4 is 4.74 Å². The van der Waals surface area contributed by atoms with E-state index in [1.165, 1.54) is 0 Å². The zero-order valence-electron chi connectivity index (χ0n) is 9.22. The van der Waals surface area contributed by atoms with Gasteiger partial charge in [0.25, 0.3) is 0 Å². The third-order valence-electron chi connectivity index (χ3n) is 2.70. The molecule has 16 heavy (non-hydrogen) atoms. The highest BCUT2D eigenvalue weighted by molar-refractivity contribution is 5.79. The summed E-state index contributed by atoms with van der Waals surface area (Å²) in [5, 5.41) is 9.36. The van der Waals surface area contributed by atoms with E-state index in [4.69, 9.17) is 4.74 Å². The molecule has 1 aromatic rings. The minimum absolute atomic E-state index is 0.00956. The Balaban J connectivity index is 2.06. The van der Waals surface area contributed by atoms with Crippen molar-refractivity contribution in [2.45, 2.75) is 19.1 Å². The van der Waals surface area contributed by atoms with Gasteiger partial charge in [-0.25, -0.2) is 0 Å². The summed E-state index contributed by atoms with van der Waals surface area (Å²) >= 11 is 0. The molecule has 86 valence electrons. The van der Waals surface area contributed by atoms with Crippen LogP contribution in [0.1, 0.15) is 12.0 Å². The van der Waals surface area contributed by atoms with E-state index in [-0.39, 0.29) is 12.3 Å². The van der Waals surface area contributed by atoms with Crippen LogP contribution in [0.15, 0.2) is 24.3 Å². The van der Waals surface area contributed by atoms with E-state index < -0.39 is 6.10 Å². The van der Waals surface area contributed by atoms with Crippen molar-refractivity contribution in [2.75, 3.05) is 13.7 Å². The second-order valence-electron chi connectivity index (χ2n) is 3.98. The molecule has 1 aliphatic rings. The first-order chi connectivity index (χ1) is 7.69. The first-order valence-electron chi connectivity index (χ1n) is 5.28. The lowest BCUT2D eigenvalue weighted by molar-refractivity contribution is -0.128. The van der Waals surface area contributed by atoms with Crippen molar-refractivity contribution in [1.82, 2.24) is 4.90 Å². The zero-order chi connectivity index (χ0) is 11.5. The molecule has 1 unspecified atom stereocenters. The Morgan fingerprint density at radius 2 is 2.38 bits per heavy atom. The van der Waals surface area contributed by atoms with Crippen LogP contribution in [-0.4, -0.2) is 35.7 Å². The number of carbonyl (C=O) groups is 1. The SMILES string of the molecule is COc1cccc(CN2CC(O)CC2=O)c1. The van der Waals surface area contributed by atoms with Gasteiger partial charge in [-0.15, -0.1) is 0 Å². The molecule has 0 aliphatic carbocycles. The number of amides is 1. The third-order valence-corrected chi connectivity index (χ3v) is 2.70. The number of hydrogen-bond donors (Lipinski definition) is 1. The quantitative estimate of drug-likeness (QED) is 0.821. The Morgan fingerprint density at radius 1 is 1.56 bits per heavy atom. The lowest BCUT2D eigenvalue weighted by Gasteiger charge is -2.16. The van der Waals surface area contributed by atoms with Crippen LogP contribution in [0.4, 0.5) is 0 Å². The van der Waals surface area contributed by atoms with Crippen molar-refractivity contribution >= 4 is 5.91 Å². The highest BCUT2D eigenvalue weighted by atomic mass is 16.5. The fourth-order valence-electron chi connectivity index (χ4n) is 1.90. The summed E-state index contributed by atoms with van der Waals surface area (Å²) in [6, 6.07) is 7.60. The van der Waals surface area contributed by atoms with E-state index in [9.17, 15) is 9.90 Å². The molecule has 1 saturated heterocycles. The number of β-amino-alcohol motifs (C(OH)–C–C–N with tert-alkyl or cyclic N) is 1. The molecule has 1 fully saturated rings. The highest BCUT2D eigenvalue weighted by Gasteiger charge is 2.27. The maximum absolute atomic E-state index is 11.5. The Labute approximate surface area is 94.4 Å². The van der Waals surface area contributed by atoms with Gasteiger partial charge in [-0.2, -0.15) is 0 Å². The molecule has 0 saturated carbocycles. The average molecular weight is 221 g/mol. The molecule has 1 amide bonds. The third kappa shape index (κ3) is 2.33. The molecule has 1 heterocycles. The van der Waals surface area contributed by atoms with E-state index in [2.05, 4.69) is 0 Å². The number of hydrogen-bond acceptors (Lipinski definition) is 3. The molecule has 4 nitrogen and oxygen atoms in total. The number of ether oxygens (including phenoxy) is 1. The van der Waals surface area contributed by atoms with Crippen LogP contribution in [0.3, 0.4) is 0 Å². The molecule has 0 spiro atoms. The van der Waals surface area contributed by atoms with Crippen LogP contribution in [0.2, 0.25) is 0 Å². The molecule has 0 radical (unpaired) electrons. The predicted molar refractivity (Wildman–Crippen MR) is 59.0 cm³/mol. The Morgan fingerprint density at radius 3 is 3.00 bits per heavy atom. The number of rotatable bonds is 3. The molecule has 1 aromatic carbocycles. The lowest BCUT2D eigenvalue weighted by atomic mass is 10.2. The van der Waals surface area contributed by atoms with Gasteiger partial charge in [0.15, 0.2) is 0 Å². The van der Waals surface area contributed by atoms with Crippen molar-refractivity contribution in [3.8, 4) is 5.75 Å². The molecular formula is C12H15NO3. The van der Waals surface area contributed by atoms with Gasteiger partial charge >= 0.3 is 0 Å². The Hall–Kier alpha value is -1.55. The fourth-order valence-corrected chi connectivity index (χ4v) is 1.90. The first kappa shape index (κ1) is 11.0. The molecule has 0 bridgehead atoms. The summed E-state index contributed by atoms with van der Waals surface area (Å²) in [4.78, 5) is 13.1. The fraction of sp³-hybridized carbons (Fsp3) is 0.417. The van der Waals surface area contributed by atoms with Gasteiger partial charge in [-0.1, -0.05) is 12.1 Å². The first-order valence-corrected chi connectivity index (χ1v) is 5.28. The van der Waals surface area contributed by atoms with Gasteiger partial charge in [-0.3, -0.25) is 4.79 Å². The number of benzene rings is 1. The largest absolute Gasteiger partial charge is 0.497 e. The minimum Gasteiger partial charge on any atom is -0.497 e. The lowest BCUT2D eigenvalue weighted by Crippen LogP contribution is -2.25. The number of aliphatic hydroxyl groups is 1. The van der Waals surface area contributed by atoms with Crippen LogP contribution in [-0.2, 0) is 11.3 Å². The number of likely N-dealkylation sites (tertiary alicyclic amines) is 1. The zero-order valence-corrected chi connectivity index (χ0v) is 9.22. The van der Waals surface area contributed by atoms with Gasteiger partial charge in [0.1, 0.15) is 5.75 Å². The topological polar surface area (TPSA) is 49.8 Å². The van der Waals surface area contributed by atoms with E-state index in [1.54, 1.807) is 12.0 Å². The van der Waals surface area contributed by atoms with E-state index in [1.807, 2.05) is 24.3 Å². The molecule has 1 atom stereocenters. The molecule has 2 rings (SSSR count). The summed E-state index contributed by atoms with van der Waals surface area (Å²) in [5.74, 6) is 0.792. The van der Waals surface area contributed by atoms with Gasteiger partial charge in [0.05, 0.1) is 19.6 Å². The second-order valence-corrected chi connectivity index (χ2v) is 3.98. The standard InChI is InChI=1S/C12H15NO3/c1-16-11-4-2-3-9(5-11)7-13-8-10(14)6-12(13)15/h2-5,10,14H,6-8H2,1H3. The van der Waals surface area contributed by atoms with Gasteiger partial charge in [-0.05, 0) is 17.7 Å². The number of carbonyl (C=O) groups excluding carboxylic acids is 1. The number of nitrogens with zero attached hydrogens (tertiary/aromatic N) is 1. The van der Waals surface area contributed by atoms with E-state index in [0.717, 1.165) is 11.3 Å². The maximum Gasteiger partial charge on any atom is 0.225 e. The van der Waals surface area contributed by atoms with Crippen molar-refractivity contribution in [1.29, 1.82) is 0 Å². The monoisotopic (exact) mass is 221 g/mol. The van der Waals surface area contributed by atoms with Gasteiger partial charge in [0.2, 0.25) is 5.91 Å². The molecule has 0 aromatic heterocycles. The van der Waals surface area contributed by atoms with Crippen LogP contribution in [0.25, 0.3) is 0 Å². The molecule has 1 N–H and O–H groups in total. The summed E-state index contributed by atoms with van der Waals surface area (Å²) < 4.78 is 5.11. The average Bonchev–Trinajstić information content (AvgIpc) is 2.58. The Bertz CT molecular complexity index is 392. The summed E-state index contributed by atoms with van der Waals surface area (Å²) in [6.07, 6.45) is -0.276. The van der Waals surface area contributed by atoms with Crippen molar-refractivity contribution in [3.63, 3.8) is 0 Å². The second kappa shape index (κ2) is 4.53. The van der Waals surface area contributed by atoms with Gasteiger partial charge < -0.3 is 14.7 Å². The van der Waals surface area contributed by atoms with E-state index >= 15 is 0 Å². The smallest absolute Gasteiger partial charge is 0.225 e. The predicted octanol–water partition coefficient (Wildman–Crippen LogP) is 0.788. The van der Waals surface area contributed by atoms with E-state index in [0.29, 0.717) is 13.1 Å². The van der Waals surface area contributed by atoms with Crippen molar-refractivity contribution in [3.05, 3.63) is 29.8 Å². The molecular weight excluding hydrogens is 206 g/mol. The highest BCUT2D eigenvalue weighted by Crippen LogP contribution is 2.18. The molecule has 4 heteroatoms.